The minimum Gasteiger partial charge on any atom is -0.383 e. The van der Waals surface area contributed by atoms with Crippen LogP contribution in [-0.4, -0.2) is 29.3 Å². The smallest absolute Gasteiger partial charge is 0.328 e. The number of aryl methyl sites for hydroxylation is 2. The fraction of sp³-hybridized carbons (Fsp3) is 0.250. The van der Waals surface area contributed by atoms with E-state index >= 15 is 0 Å². The van der Waals surface area contributed by atoms with E-state index in [0.717, 1.165) is 0 Å². The van der Waals surface area contributed by atoms with Crippen molar-refractivity contribution in [1.82, 2.24) is 29.3 Å². The van der Waals surface area contributed by atoms with Gasteiger partial charge in [-0.1, -0.05) is 0 Å². The van der Waals surface area contributed by atoms with Gasteiger partial charge < -0.3 is 5.73 Å². The van der Waals surface area contributed by atoms with E-state index in [9.17, 15) is 9.59 Å². The topological polar surface area (TPSA) is 124 Å². The van der Waals surface area contributed by atoms with Gasteiger partial charge in [0.15, 0.2) is 11.5 Å². The third kappa shape index (κ3) is 2.18. The second kappa shape index (κ2) is 4.54. The minimum absolute atomic E-state index is 0.113. The molecule has 108 valence electrons. The normalized spacial score (nSPS) is 11.1. The van der Waals surface area contributed by atoms with Gasteiger partial charge in [-0.05, 0) is 6.92 Å². The van der Waals surface area contributed by atoms with E-state index in [2.05, 4.69) is 20.1 Å². The van der Waals surface area contributed by atoms with Crippen molar-refractivity contribution in [2.24, 2.45) is 7.05 Å². The summed E-state index contributed by atoms with van der Waals surface area (Å²) in [6.45, 7) is 1.73. The number of anilines is 1. The maximum absolute atomic E-state index is 11.8. The Kier molecular flexibility index (Phi) is 2.82. The summed E-state index contributed by atoms with van der Waals surface area (Å²) < 4.78 is 2.91. The average molecular weight is 287 g/mol. The van der Waals surface area contributed by atoms with Crippen molar-refractivity contribution in [3.05, 3.63) is 44.6 Å². The number of nitrogens with one attached hydrogen (secondary N) is 1. The Bertz CT molecular complexity index is 950. The largest absolute Gasteiger partial charge is 0.383 e. The molecule has 21 heavy (non-hydrogen) atoms. The van der Waals surface area contributed by atoms with Crippen molar-refractivity contribution >= 4 is 16.9 Å². The van der Waals surface area contributed by atoms with Gasteiger partial charge in [-0.25, -0.2) is 14.8 Å². The summed E-state index contributed by atoms with van der Waals surface area (Å²) in [5.41, 5.74) is 5.97. The highest BCUT2D eigenvalue weighted by molar-refractivity contribution is 5.84. The molecule has 3 heterocycles. The molecule has 0 aliphatic carbocycles. The molecule has 0 spiro atoms. The predicted molar refractivity (Wildman–Crippen MR) is 75.9 cm³/mol. The van der Waals surface area contributed by atoms with Crippen LogP contribution in [0.15, 0.2) is 22.0 Å². The first-order valence-corrected chi connectivity index (χ1v) is 6.20. The Labute approximate surface area is 118 Å². The quantitative estimate of drug-likeness (QED) is 0.632. The van der Waals surface area contributed by atoms with Crippen molar-refractivity contribution in [3.8, 4) is 0 Å². The lowest BCUT2D eigenvalue weighted by Gasteiger charge is -2.06. The fourth-order valence-electron chi connectivity index (χ4n) is 2.05. The summed E-state index contributed by atoms with van der Waals surface area (Å²) in [6, 6.07) is 0. The Balaban J connectivity index is 2.10. The number of aromatic nitrogens is 6. The number of hydrogen-bond acceptors (Lipinski definition) is 6. The highest BCUT2D eigenvalue weighted by Crippen LogP contribution is 2.16. The highest BCUT2D eigenvalue weighted by atomic mass is 16.2. The van der Waals surface area contributed by atoms with Crippen molar-refractivity contribution in [1.29, 1.82) is 0 Å². The predicted octanol–water partition coefficient (Wildman–Crippen LogP) is -0.848. The molecular weight excluding hydrogens is 274 g/mol. The molecule has 0 unspecified atom stereocenters. The van der Waals surface area contributed by atoms with Gasteiger partial charge in [0, 0.05) is 18.8 Å². The second-order valence-electron chi connectivity index (χ2n) is 4.73. The zero-order valence-electron chi connectivity index (χ0n) is 11.5. The van der Waals surface area contributed by atoms with Crippen LogP contribution in [0.5, 0.6) is 0 Å². The van der Waals surface area contributed by atoms with Gasteiger partial charge >= 0.3 is 5.69 Å². The zero-order valence-corrected chi connectivity index (χ0v) is 11.5. The Morgan fingerprint density at radius 1 is 1.33 bits per heavy atom. The van der Waals surface area contributed by atoms with Crippen LogP contribution < -0.4 is 17.0 Å². The Hall–Kier alpha value is -2.97. The number of nitrogens with zero attached hydrogens (tertiary/aromatic N) is 5. The monoisotopic (exact) mass is 287 g/mol. The summed E-state index contributed by atoms with van der Waals surface area (Å²) in [6.07, 6.45) is 3.05. The third-order valence-corrected chi connectivity index (χ3v) is 3.17. The van der Waals surface area contributed by atoms with E-state index in [-0.39, 0.29) is 6.54 Å². The molecule has 3 N–H and O–H groups in total. The third-order valence-electron chi connectivity index (χ3n) is 3.17. The van der Waals surface area contributed by atoms with E-state index in [1.807, 2.05) is 0 Å². The van der Waals surface area contributed by atoms with Gasteiger partial charge in [-0.3, -0.25) is 19.0 Å². The van der Waals surface area contributed by atoms with Crippen LogP contribution in [0.4, 0.5) is 5.82 Å². The van der Waals surface area contributed by atoms with E-state index in [1.165, 1.54) is 10.8 Å². The van der Waals surface area contributed by atoms with Crippen LogP contribution in [0.3, 0.4) is 0 Å². The van der Waals surface area contributed by atoms with Crippen LogP contribution in [0.2, 0.25) is 0 Å². The zero-order chi connectivity index (χ0) is 15.1. The molecule has 0 radical (unpaired) electrons. The van der Waals surface area contributed by atoms with Gasteiger partial charge in [0.2, 0.25) is 0 Å². The molecule has 0 saturated carbocycles. The summed E-state index contributed by atoms with van der Waals surface area (Å²) in [5, 5.41) is 4.72. The maximum Gasteiger partial charge on any atom is 0.328 e. The number of rotatable bonds is 2. The highest BCUT2D eigenvalue weighted by Gasteiger charge is 2.10. The average Bonchev–Trinajstić information content (AvgIpc) is 2.78. The van der Waals surface area contributed by atoms with Gasteiger partial charge in [-0.2, -0.15) is 5.10 Å². The lowest BCUT2D eigenvalue weighted by Crippen LogP contribution is -2.31. The van der Waals surface area contributed by atoms with Crippen LogP contribution >= 0.6 is 0 Å². The lowest BCUT2D eigenvalue weighted by atomic mass is 10.3. The number of aromatic amines is 1. The maximum atomic E-state index is 11.8. The number of hydrogen-bond donors (Lipinski definition) is 2. The summed E-state index contributed by atoms with van der Waals surface area (Å²) >= 11 is 0. The SMILES string of the molecule is Cc1cn(Cc2nc(N)c3cnn(C)c3n2)c(=O)[nH]c1=O. The van der Waals surface area contributed by atoms with Gasteiger partial charge in [-0.15, -0.1) is 0 Å². The van der Waals surface area contributed by atoms with Crippen LogP contribution in [0.25, 0.3) is 11.0 Å². The minimum atomic E-state index is -0.516. The van der Waals surface area contributed by atoms with Crippen molar-refractivity contribution in [2.75, 3.05) is 5.73 Å². The van der Waals surface area contributed by atoms with Crippen LogP contribution in [-0.2, 0) is 13.6 Å². The summed E-state index contributed by atoms with van der Waals surface area (Å²) in [5.74, 6) is 0.675. The number of fused-ring (bicyclic) bond motifs is 1. The molecule has 0 aliphatic rings. The van der Waals surface area contributed by atoms with Gasteiger partial charge in [0.1, 0.15) is 5.82 Å². The van der Waals surface area contributed by atoms with E-state index in [1.54, 1.807) is 24.9 Å². The van der Waals surface area contributed by atoms with E-state index in [0.29, 0.717) is 28.2 Å². The molecule has 0 atom stereocenters. The first-order valence-electron chi connectivity index (χ1n) is 6.20. The van der Waals surface area contributed by atoms with Crippen molar-refractivity contribution < 1.29 is 0 Å². The molecule has 0 aromatic carbocycles. The van der Waals surface area contributed by atoms with Crippen molar-refractivity contribution in [3.63, 3.8) is 0 Å². The lowest BCUT2D eigenvalue weighted by molar-refractivity contribution is 0.680. The molecule has 0 saturated heterocycles. The molecule has 0 bridgehead atoms. The molecule has 3 aromatic rings. The molecule has 3 aromatic heterocycles. The molecule has 9 heteroatoms. The molecular formula is C12H13N7O2. The van der Waals surface area contributed by atoms with Gasteiger partial charge in [0.25, 0.3) is 5.56 Å². The number of nitrogen functional groups attached to an aromatic ring is 1. The summed E-state index contributed by atoms with van der Waals surface area (Å²) in [7, 11) is 1.74. The van der Waals surface area contributed by atoms with E-state index < -0.39 is 11.2 Å². The van der Waals surface area contributed by atoms with E-state index in [4.69, 9.17) is 5.73 Å². The van der Waals surface area contributed by atoms with Crippen molar-refractivity contribution in [2.45, 2.75) is 13.5 Å². The molecule has 9 nitrogen and oxygen atoms in total. The van der Waals surface area contributed by atoms with Crippen LogP contribution in [0, 0.1) is 6.92 Å². The molecule has 0 fully saturated rings. The van der Waals surface area contributed by atoms with Crippen LogP contribution in [0.1, 0.15) is 11.4 Å². The summed E-state index contributed by atoms with van der Waals surface area (Å²) in [4.78, 5) is 33.9. The Morgan fingerprint density at radius 3 is 2.86 bits per heavy atom. The first-order chi connectivity index (χ1) is 9.95. The second-order valence-corrected chi connectivity index (χ2v) is 4.73. The molecule has 0 amide bonds. The molecule has 3 rings (SSSR count). The standard InChI is InChI=1S/C12H13N7O2/c1-6-4-19(12(21)17-11(6)20)5-8-15-9(13)7-3-14-18(2)10(7)16-8/h3-4H,5H2,1-2H3,(H2,13,15,16)(H,17,20,21). The Morgan fingerprint density at radius 2 is 2.10 bits per heavy atom. The number of H-pyrrole nitrogens is 1. The first kappa shape index (κ1) is 13.0. The molecule has 0 aliphatic heterocycles. The number of nitrogens with two attached hydrogens (primary N) is 1. The fourth-order valence-corrected chi connectivity index (χ4v) is 2.05. The van der Waals surface area contributed by atoms with Gasteiger partial charge in [0.05, 0.1) is 18.1 Å².